The Morgan fingerprint density at radius 2 is 1.72 bits per heavy atom. The number of methoxy groups -OCH3 is 1. The van der Waals surface area contributed by atoms with E-state index in [-0.39, 0.29) is 10.8 Å². The Balaban J connectivity index is 1.20. The van der Waals surface area contributed by atoms with Gasteiger partial charge in [0.25, 0.3) is 0 Å². The highest BCUT2D eigenvalue weighted by atomic mass is 35.5. The quantitative estimate of drug-likeness (QED) is 0.258. The van der Waals surface area contributed by atoms with Gasteiger partial charge in [0, 0.05) is 87.0 Å². The van der Waals surface area contributed by atoms with Gasteiger partial charge in [-0.2, -0.15) is 4.98 Å². The highest BCUT2D eigenvalue weighted by Crippen LogP contribution is 2.37. The predicted octanol–water partition coefficient (Wildman–Crippen LogP) is 4.64. The Morgan fingerprint density at radius 3 is 2.43 bits per heavy atom. The summed E-state index contributed by atoms with van der Waals surface area (Å²) in [6.07, 6.45) is 8.08. The monoisotopic (exact) mass is 665 g/mol. The second-order valence-corrected chi connectivity index (χ2v) is 14.7. The van der Waals surface area contributed by atoms with E-state index in [1.165, 1.54) is 18.6 Å². The Labute approximate surface area is 275 Å². The second kappa shape index (κ2) is 13.5. The lowest BCUT2D eigenvalue weighted by molar-refractivity contribution is 0.0982. The number of aryl methyl sites for hydroxylation is 1. The molecule has 4 aromatic rings. The Hall–Kier alpha value is -3.78. The third-order valence-corrected chi connectivity index (χ3v) is 9.86. The molecule has 0 amide bonds. The fourth-order valence-electron chi connectivity index (χ4n) is 6.33. The molecule has 14 heteroatoms. The minimum atomic E-state index is -3.38. The van der Waals surface area contributed by atoms with Crippen LogP contribution in [-0.2, 0) is 15.6 Å². The van der Waals surface area contributed by atoms with Gasteiger partial charge in [-0.05, 0) is 50.6 Å². The molecule has 2 aliphatic heterocycles. The van der Waals surface area contributed by atoms with Gasteiger partial charge in [-0.25, -0.2) is 13.4 Å². The molecule has 0 unspecified atom stereocenters. The van der Waals surface area contributed by atoms with Gasteiger partial charge < -0.3 is 25.2 Å². The van der Waals surface area contributed by atoms with Gasteiger partial charge in [-0.15, -0.1) is 0 Å². The summed E-state index contributed by atoms with van der Waals surface area (Å²) in [5, 5.41) is 6.77. The number of nitrogens with one attached hydrogen (secondary N) is 2. The van der Waals surface area contributed by atoms with Crippen molar-refractivity contribution in [3.05, 3.63) is 59.0 Å². The number of rotatable bonds is 9. The first-order valence-electron chi connectivity index (χ1n) is 15.4. The van der Waals surface area contributed by atoms with Crippen molar-refractivity contribution in [1.82, 2.24) is 29.7 Å². The molecule has 2 saturated heterocycles. The van der Waals surface area contributed by atoms with Gasteiger partial charge in [0.05, 0.1) is 35.8 Å². The van der Waals surface area contributed by atoms with Crippen molar-refractivity contribution < 1.29 is 13.2 Å². The van der Waals surface area contributed by atoms with Gasteiger partial charge >= 0.3 is 0 Å². The van der Waals surface area contributed by atoms with Crippen molar-refractivity contribution in [2.45, 2.75) is 31.6 Å². The zero-order chi connectivity index (χ0) is 32.4. The molecule has 2 N–H and O–H groups in total. The summed E-state index contributed by atoms with van der Waals surface area (Å²) in [6.45, 7) is 8.70. The normalized spacial score (nSPS) is 16.9. The van der Waals surface area contributed by atoms with Crippen LogP contribution in [0.15, 0.2) is 42.9 Å². The lowest BCUT2D eigenvalue weighted by Gasteiger charge is -2.43. The molecule has 2 aliphatic rings. The Morgan fingerprint density at radius 1 is 0.978 bits per heavy atom. The molecule has 6 rings (SSSR count). The zero-order valence-electron chi connectivity index (χ0n) is 26.6. The molecule has 4 heterocycles. The number of likely N-dealkylation sites (N-methyl/N-ethyl adjacent to an activating group) is 1. The molecule has 0 radical (unpaired) electrons. The summed E-state index contributed by atoms with van der Waals surface area (Å²) >= 11 is 6.51. The van der Waals surface area contributed by atoms with Gasteiger partial charge in [-0.3, -0.25) is 14.9 Å². The zero-order valence-corrected chi connectivity index (χ0v) is 28.2. The van der Waals surface area contributed by atoms with Crippen molar-refractivity contribution >= 4 is 61.3 Å². The average molecular weight is 666 g/mol. The molecule has 0 spiro atoms. The maximum atomic E-state index is 12.3. The lowest BCUT2D eigenvalue weighted by atomic mass is 10.0. The summed E-state index contributed by atoms with van der Waals surface area (Å²) in [6, 6.07) is 8.30. The van der Waals surface area contributed by atoms with Crippen LogP contribution in [0.2, 0.25) is 5.02 Å². The SMILES string of the molecule is COc1cc(N2CCC(N3CCN(C)CC3)CC2)c(C)cc1Nc1ncc(Cl)c(Nc2ccc3nccnc3c2CS(C)(=O)=O)n1. The fourth-order valence-corrected chi connectivity index (χ4v) is 7.28. The number of piperazine rings is 1. The maximum Gasteiger partial charge on any atom is 0.229 e. The van der Waals surface area contributed by atoms with Crippen LogP contribution in [0.3, 0.4) is 0 Å². The topological polar surface area (TPSA) is 129 Å². The fraction of sp³-hybridized carbons (Fsp3) is 0.438. The van der Waals surface area contributed by atoms with E-state index in [9.17, 15) is 8.42 Å². The molecule has 2 fully saturated rings. The number of aromatic nitrogens is 4. The van der Waals surface area contributed by atoms with Crippen LogP contribution in [0.25, 0.3) is 11.0 Å². The summed E-state index contributed by atoms with van der Waals surface area (Å²) in [5.41, 5.74) is 5.09. The van der Waals surface area contributed by atoms with E-state index in [0.717, 1.165) is 69.0 Å². The molecule has 0 saturated carbocycles. The molecular formula is C32H40ClN9O3S. The number of halogens is 1. The van der Waals surface area contributed by atoms with Crippen LogP contribution in [0.5, 0.6) is 5.75 Å². The molecule has 0 aliphatic carbocycles. The lowest BCUT2D eigenvalue weighted by Crippen LogP contribution is -2.52. The Kier molecular flexibility index (Phi) is 9.46. The van der Waals surface area contributed by atoms with Crippen LogP contribution < -0.4 is 20.3 Å². The van der Waals surface area contributed by atoms with E-state index in [1.807, 2.05) is 0 Å². The van der Waals surface area contributed by atoms with Crippen LogP contribution in [0.1, 0.15) is 24.0 Å². The van der Waals surface area contributed by atoms with Crippen molar-refractivity contribution in [2.75, 3.05) is 75.2 Å². The number of fused-ring (bicyclic) bond motifs is 1. The van der Waals surface area contributed by atoms with E-state index in [4.69, 9.17) is 16.3 Å². The van der Waals surface area contributed by atoms with Crippen LogP contribution in [0, 0.1) is 6.92 Å². The number of hydrogen-bond donors (Lipinski definition) is 2. The van der Waals surface area contributed by atoms with E-state index in [1.54, 1.807) is 25.4 Å². The number of nitrogens with zero attached hydrogens (tertiary/aromatic N) is 7. The third-order valence-electron chi connectivity index (χ3n) is 8.77. The van der Waals surface area contributed by atoms with Crippen molar-refractivity contribution in [3.8, 4) is 5.75 Å². The average Bonchev–Trinajstić information content (AvgIpc) is 3.04. The van der Waals surface area contributed by atoms with Gasteiger partial charge in [0.2, 0.25) is 5.95 Å². The second-order valence-electron chi connectivity index (χ2n) is 12.1. The summed E-state index contributed by atoms with van der Waals surface area (Å²) < 4.78 is 30.5. The molecular weight excluding hydrogens is 626 g/mol. The van der Waals surface area contributed by atoms with Crippen LogP contribution >= 0.6 is 11.6 Å². The predicted molar refractivity (Wildman–Crippen MR) is 184 cm³/mol. The van der Waals surface area contributed by atoms with Crippen molar-refractivity contribution in [1.29, 1.82) is 0 Å². The number of benzene rings is 2. The summed E-state index contributed by atoms with van der Waals surface area (Å²) in [7, 11) is 0.470. The molecule has 0 bridgehead atoms. The van der Waals surface area contributed by atoms with Gasteiger partial charge in [0.15, 0.2) is 15.7 Å². The first kappa shape index (κ1) is 32.2. The number of sulfone groups is 1. The van der Waals surface area contributed by atoms with E-state index < -0.39 is 9.84 Å². The molecule has 2 aromatic heterocycles. The largest absolute Gasteiger partial charge is 0.494 e. The third kappa shape index (κ3) is 7.27. The van der Waals surface area contributed by atoms with E-state index >= 15 is 0 Å². The highest BCUT2D eigenvalue weighted by molar-refractivity contribution is 7.89. The maximum absolute atomic E-state index is 12.3. The van der Waals surface area contributed by atoms with Gasteiger partial charge in [0.1, 0.15) is 10.8 Å². The van der Waals surface area contributed by atoms with Crippen LogP contribution in [-0.4, -0.2) is 104 Å². The molecule has 46 heavy (non-hydrogen) atoms. The first-order chi connectivity index (χ1) is 22.1. The Bertz CT molecular complexity index is 1830. The number of hydrogen-bond acceptors (Lipinski definition) is 12. The first-order valence-corrected chi connectivity index (χ1v) is 17.8. The molecule has 12 nitrogen and oxygen atoms in total. The summed E-state index contributed by atoms with van der Waals surface area (Å²) in [4.78, 5) is 25.3. The smallest absolute Gasteiger partial charge is 0.229 e. The van der Waals surface area contributed by atoms with Gasteiger partial charge in [-0.1, -0.05) is 11.6 Å². The van der Waals surface area contributed by atoms with Crippen LogP contribution in [0.4, 0.5) is 28.8 Å². The number of anilines is 5. The van der Waals surface area contributed by atoms with E-state index in [0.29, 0.717) is 45.8 Å². The highest BCUT2D eigenvalue weighted by Gasteiger charge is 2.28. The molecule has 244 valence electrons. The minimum Gasteiger partial charge on any atom is -0.494 e. The van der Waals surface area contributed by atoms with Crippen molar-refractivity contribution in [2.24, 2.45) is 0 Å². The molecule has 0 atom stereocenters. The molecule has 2 aromatic carbocycles. The number of piperidine rings is 1. The minimum absolute atomic E-state index is 0.227. The standard InChI is InChI=1S/C32H40ClN9O3S/c1-21-17-27(29(45-3)18-28(21)42-11-7-22(8-12-42)41-15-13-40(2)14-16-41)38-32-36-19-24(33)31(39-32)37-25-5-6-26-30(35-10-9-34-26)23(25)20-46(4,43)44/h5-6,9-10,17-19,22H,7-8,11-16,20H2,1-4H3,(H2,36,37,38,39). The summed E-state index contributed by atoms with van der Waals surface area (Å²) in [5.74, 6) is 1.07. The van der Waals surface area contributed by atoms with E-state index in [2.05, 4.69) is 71.4 Å². The number of ether oxygens (including phenoxy) is 1. The van der Waals surface area contributed by atoms with Crippen molar-refractivity contribution in [3.63, 3.8) is 0 Å².